The highest BCUT2D eigenvalue weighted by Gasteiger charge is 2.46. The number of carbonyl (C=O) groups excluding carboxylic acids is 2. The van der Waals surface area contributed by atoms with E-state index in [1.165, 1.54) is 12.0 Å². The van der Waals surface area contributed by atoms with Gasteiger partial charge in [0.05, 0.1) is 25.3 Å². The number of carbonyl (C=O) groups is 2. The highest BCUT2D eigenvalue weighted by molar-refractivity contribution is 6.46. The smallest absolute Gasteiger partial charge is 0.295 e. The summed E-state index contributed by atoms with van der Waals surface area (Å²) < 4.78 is 10.4. The van der Waals surface area contributed by atoms with Gasteiger partial charge in [-0.05, 0) is 54.8 Å². The Balaban J connectivity index is 2.20. The molecule has 1 amide bonds. The Morgan fingerprint density at radius 1 is 1.10 bits per heavy atom. The average Bonchev–Trinajstić information content (AvgIpc) is 2.98. The second-order valence-electron chi connectivity index (χ2n) is 7.17. The van der Waals surface area contributed by atoms with Crippen LogP contribution < -0.4 is 4.74 Å². The summed E-state index contributed by atoms with van der Waals surface area (Å²) in [7, 11) is 3.10. The van der Waals surface area contributed by atoms with E-state index in [4.69, 9.17) is 21.1 Å². The maximum absolute atomic E-state index is 13.0. The lowest BCUT2D eigenvalue weighted by Crippen LogP contribution is -2.32. The van der Waals surface area contributed by atoms with Gasteiger partial charge >= 0.3 is 0 Å². The molecular formula is C23H24ClNO5. The van der Waals surface area contributed by atoms with Crippen LogP contribution in [0.2, 0.25) is 5.02 Å². The molecule has 0 bridgehead atoms. The predicted molar refractivity (Wildman–Crippen MR) is 115 cm³/mol. The van der Waals surface area contributed by atoms with E-state index < -0.39 is 17.7 Å². The van der Waals surface area contributed by atoms with Crippen LogP contribution in [-0.4, -0.2) is 49.1 Å². The van der Waals surface area contributed by atoms with Crippen LogP contribution in [0.3, 0.4) is 0 Å². The third-order valence-corrected chi connectivity index (χ3v) is 5.51. The first-order valence-corrected chi connectivity index (χ1v) is 9.86. The fraction of sp³-hybridized carbons (Fsp3) is 0.304. The molecule has 158 valence electrons. The van der Waals surface area contributed by atoms with Gasteiger partial charge in [0, 0.05) is 24.2 Å². The van der Waals surface area contributed by atoms with Crippen molar-refractivity contribution in [3.8, 4) is 5.75 Å². The first-order chi connectivity index (χ1) is 14.3. The molecule has 30 heavy (non-hydrogen) atoms. The minimum Gasteiger partial charge on any atom is -0.507 e. The average molecular weight is 430 g/mol. The van der Waals surface area contributed by atoms with Gasteiger partial charge in [-0.2, -0.15) is 0 Å². The van der Waals surface area contributed by atoms with Gasteiger partial charge in [-0.1, -0.05) is 23.7 Å². The van der Waals surface area contributed by atoms with Gasteiger partial charge in [-0.25, -0.2) is 0 Å². The molecule has 7 heteroatoms. The van der Waals surface area contributed by atoms with Gasteiger partial charge < -0.3 is 19.5 Å². The molecule has 1 aliphatic heterocycles. The quantitative estimate of drug-likeness (QED) is 0.426. The number of aryl methyl sites for hydroxylation is 2. The Labute approximate surface area is 180 Å². The molecule has 6 nitrogen and oxygen atoms in total. The van der Waals surface area contributed by atoms with Crippen LogP contribution in [0.5, 0.6) is 5.75 Å². The first-order valence-electron chi connectivity index (χ1n) is 9.48. The monoisotopic (exact) mass is 429 g/mol. The largest absolute Gasteiger partial charge is 0.507 e. The number of amides is 1. The molecule has 1 saturated heterocycles. The summed E-state index contributed by atoms with van der Waals surface area (Å²) in [6.45, 7) is 4.14. The zero-order valence-corrected chi connectivity index (χ0v) is 18.1. The van der Waals surface area contributed by atoms with Crippen LogP contribution in [0.1, 0.15) is 28.3 Å². The Morgan fingerprint density at radius 3 is 2.37 bits per heavy atom. The maximum Gasteiger partial charge on any atom is 0.295 e. The molecule has 0 aliphatic carbocycles. The number of Topliss-reactive ketones (excluding diaryl/α,β-unsaturated/α-hetero) is 1. The molecule has 0 radical (unpaired) electrons. The second-order valence-corrected chi connectivity index (χ2v) is 7.61. The third kappa shape index (κ3) is 3.93. The van der Waals surface area contributed by atoms with Crippen molar-refractivity contribution in [3.05, 3.63) is 69.2 Å². The first kappa shape index (κ1) is 21.9. The lowest BCUT2D eigenvalue weighted by atomic mass is 9.93. The number of hydrogen-bond donors (Lipinski definition) is 1. The molecule has 0 saturated carbocycles. The summed E-state index contributed by atoms with van der Waals surface area (Å²) >= 11 is 6.02. The van der Waals surface area contributed by atoms with E-state index in [0.717, 1.165) is 11.1 Å². The van der Waals surface area contributed by atoms with Crippen molar-refractivity contribution in [3.63, 3.8) is 0 Å². The lowest BCUT2D eigenvalue weighted by Gasteiger charge is -2.25. The highest BCUT2D eigenvalue weighted by Crippen LogP contribution is 2.40. The minimum atomic E-state index is -0.737. The van der Waals surface area contributed by atoms with E-state index in [2.05, 4.69) is 0 Å². The van der Waals surface area contributed by atoms with Gasteiger partial charge in [0.2, 0.25) is 0 Å². The van der Waals surface area contributed by atoms with Crippen LogP contribution in [0.25, 0.3) is 5.76 Å². The van der Waals surface area contributed by atoms with Gasteiger partial charge in [0.15, 0.2) is 0 Å². The van der Waals surface area contributed by atoms with E-state index in [1.807, 2.05) is 13.8 Å². The fourth-order valence-corrected chi connectivity index (χ4v) is 3.83. The molecule has 1 unspecified atom stereocenters. The van der Waals surface area contributed by atoms with Crippen molar-refractivity contribution < 1.29 is 24.2 Å². The Kier molecular flexibility index (Phi) is 6.48. The minimum absolute atomic E-state index is 0.0473. The van der Waals surface area contributed by atoms with E-state index in [0.29, 0.717) is 21.9 Å². The number of benzene rings is 2. The van der Waals surface area contributed by atoms with Crippen molar-refractivity contribution in [2.75, 3.05) is 27.4 Å². The molecule has 3 rings (SSSR count). The zero-order valence-electron chi connectivity index (χ0n) is 17.4. The van der Waals surface area contributed by atoms with E-state index in [-0.39, 0.29) is 24.5 Å². The molecule has 0 spiro atoms. The Morgan fingerprint density at radius 2 is 1.77 bits per heavy atom. The molecule has 1 fully saturated rings. The number of rotatable bonds is 6. The summed E-state index contributed by atoms with van der Waals surface area (Å²) in [4.78, 5) is 27.2. The van der Waals surface area contributed by atoms with E-state index in [9.17, 15) is 14.7 Å². The molecule has 2 aromatic rings. The number of halogens is 1. The van der Waals surface area contributed by atoms with Crippen LogP contribution in [0.15, 0.2) is 42.0 Å². The Bertz CT molecular complexity index is 1010. The molecule has 2 aromatic carbocycles. The number of methoxy groups -OCH3 is 2. The van der Waals surface area contributed by atoms with Gasteiger partial charge in [0.25, 0.3) is 11.7 Å². The topological polar surface area (TPSA) is 76.1 Å². The Hall–Kier alpha value is -2.83. The maximum atomic E-state index is 13.0. The third-order valence-electron chi connectivity index (χ3n) is 5.26. The van der Waals surface area contributed by atoms with Crippen molar-refractivity contribution in [1.29, 1.82) is 0 Å². The fourth-order valence-electron chi connectivity index (χ4n) is 3.70. The van der Waals surface area contributed by atoms with Gasteiger partial charge in [0.1, 0.15) is 11.5 Å². The van der Waals surface area contributed by atoms with E-state index in [1.54, 1.807) is 43.5 Å². The predicted octanol–water partition coefficient (Wildman–Crippen LogP) is 4.03. The van der Waals surface area contributed by atoms with Crippen molar-refractivity contribution in [2.24, 2.45) is 0 Å². The highest BCUT2D eigenvalue weighted by atomic mass is 35.5. The summed E-state index contributed by atoms with van der Waals surface area (Å²) in [5.41, 5.74) is 2.75. The number of aliphatic hydroxyl groups is 1. The molecule has 0 aromatic heterocycles. The molecule has 1 aliphatic rings. The molecular weight excluding hydrogens is 406 g/mol. The van der Waals surface area contributed by atoms with Crippen molar-refractivity contribution in [2.45, 2.75) is 19.9 Å². The molecule has 1 atom stereocenters. The van der Waals surface area contributed by atoms with Crippen LogP contribution in [0.4, 0.5) is 0 Å². The van der Waals surface area contributed by atoms with Crippen LogP contribution in [-0.2, 0) is 14.3 Å². The number of nitrogens with zero attached hydrogens (tertiary/aromatic N) is 1. The number of ketones is 1. The second kappa shape index (κ2) is 8.90. The zero-order chi connectivity index (χ0) is 22.0. The number of aliphatic hydroxyl groups excluding tert-OH is 1. The SMILES string of the molecule is COCCN1C(=O)C(=O)/C(=C(/O)c2cc(C)c(OC)cc2C)C1c1ccc(Cl)cc1. The van der Waals surface area contributed by atoms with Crippen LogP contribution in [0, 0.1) is 13.8 Å². The summed E-state index contributed by atoms with van der Waals surface area (Å²) in [6.07, 6.45) is 0. The molecule has 1 N–H and O–H groups in total. The standard InChI is InChI=1S/C23H24ClNO5/c1-13-12-18(30-4)14(2)11-17(13)21(26)19-20(15-5-7-16(24)8-6-15)25(9-10-29-3)23(28)22(19)27/h5-8,11-12,20,26H,9-10H2,1-4H3/b21-19+. The van der Waals surface area contributed by atoms with Crippen molar-refractivity contribution in [1.82, 2.24) is 4.90 Å². The normalized spacial score (nSPS) is 18.2. The van der Waals surface area contributed by atoms with E-state index >= 15 is 0 Å². The van der Waals surface area contributed by atoms with Crippen molar-refractivity contribution >= 4 is 29.1 Å². The number of likely N-dealkylation sites (tertiary alicyclic amines) is 1. The van der Waals surface area contributed by atoms with Gasteiger partial charge in [-0.3, -0.25) is 9.59 Å². The number of ether oxygens (including phenoxy) is 2. The summed E-state index contributed by atoms with van der Waals surface area (Å²) in [5.74, 6) is -0.928. The number of hydrogen-bond acceptors (Lipinski definition) is 5. The van der Waals surface area contributed by atoms with Crippen LogP contribution >= 0.6 is 11.6 Å². The summed E-state index contributed by atoms with van der Waals surface area (Å²) in [5, 5.41) is 11.7. The lowest BCUT2D eigenvalue weighted by molar-refractivity contribution is -0.140. The van der Waals surface area contributed by atoms with Gasteiger partial charge in [-0.15, -0.1) is 0 Å². The summed E-state index contributed by atoms with van der Waals surface area (Å²) in [6, 6.07) is 9.69. The molecule has 1 heterocycles.